The molecule has 1 atom stereocenters. The first-order chi connectivity index (χ1) is 10.5. The van der Waals surface area contributed by atoms with Crippen LogP contribution in [0, 0.1) is 0 Å². The van der Waals surface area contributed by atoms with Crippen LogP contribution in [0.4, 0.5) is 0 Å². The van der Waals surface area contributed by atoms with Crippen LogP contribution in [0.25, 0.3) is 0 Å². The van der Waals surface area contributed by atoms with E-state index in [1.54, 1.807) is 0 Å². The Hall–Kier alpha value is -0.950. The number of rotatable bonds is 7. The highest BCUT2D eigenvalue weighted by molar-refractivity contribution is 7.89. The summed E-state index contributed by atoms with van der Waals surface area (Å²) < 4.78 is 31.4. The maximum Gasteiger partial charge on any atom is 0.214 e. The van der Waals surface area contributed by atoms with Gasteiger partial charge >= 0.3 is 0 Å². The van der Waals surface area contributed by atoms with Crippen molar-refractivity contribution < 1.29 is 13.2 Å². The average Bonchev–Trinajstić information content (AvgIpc) is 2.53. The minimum absolute atomic E-state index is 0.0319. The minimum Gasteiger partial charge on any atom is -0.384 e. The van der Waals surface area contributed by atoms with Gasteiger partial charge in [0, 0.05) is 32.3 Å². The monoisotopic (exact) mass is 326 g/mol. The highest BCUT2D eigenvalue weighted by atomic mass is 32.2. The molecule has 22 heavy (non-hydrogen) atoms. The van der Waals surface area contributed by atoms with Gasteiger partial charge in [-0.25, -0.2) is 13.1 Å². The quantitative estimate of drug-likeness (QED) is 0.830. The molecule has 0 saturated carbocycles. The van der Waals surface area contributed by atoms with Crippen molar-refractivity contribution >= 4 is 10.0 Å². The molecule has 1 aromatic carbocycles. The lowest BCUT2D eigenvalue weighted by atomic mass is 10.0. The Balaban J connectivity index is 1.83. The molecular weight excluding hydrogens is 300 g/mol. The van der Waals surface area contributed by atoms with Crippen molar-refractivity contribution in [1.29, 1.82) is 0 Å². The molecule has 1 unspecified atom stereocenters. The number of hydrogen-bond donors (Lipinski definition) is 1. The van der Waals surface area contributed by atoms with E-state index in [0.29, 0.717) is 6.04 Å². The molecule has 1 heterocycles. The second-order valence-electron chi connectivity index (χ2n) is 5.83. The predicted molar refractivity (Wildman–Crippen MR) is 88.3 cm³/mol. The second kappa shape index (κ2) is 8.06. The van der Waals surface area contributed by atoms with Crippen molar-refractivity contribution in [3.8, 4) is 0 Å². The predicted octanol–water partition coefficient (Wildman–Crippen LogP) is 1.78. The van der Waals surface area contributed by atoms with E-state index in [9.17, 15) is 8.42 Å². The lowest BCUT2D eigenvalue weighted by molar-refractivity contribution is 0.159. The Morgan fingerprint density at radius 2 is 1.91 bits per heavy atom. The molecule has 1 saturated heterocycles. The lowest BCUT2D eigenvalue weighted by Gasteiger charge is -2.36. The number of sulfonamides is 1. The van der Waals surface area contributed by atoms with Crippen molar-refractivity contribution in [3.05, 3.63) is 35.9 Å². The summed E-state index contributed by atoms with van der Waals surface area (Å²) in [6, 6.07) is 10.8. The Bertz CT molecular complexity index is 540. The molecule has 5 nitrogen and oxygen atoms in total. The van der Waals surface area contributed by atoms with Gasteiger partial charge in [-0.1, -0.05) is 30.3 Å². The minimum atomic E-state index is -3.23. The average molecular weight is 326 g/mol. The van der Waals surface area contributed by atoms with Gasteiger partial charge in [0.1, 0.15) is 0 Å². The fourth-order valence-electron chi connectivity index (χ4n) is 2.85. The molecule has 2 rings (SSSR count). The Morgan fingerprint density at radius 1 is 1.27 bits per heavy atom. The van der Waals surface area contributed by atoms with Crippen LogP contribution >= 0.6 is 0 Å². The van der Waals surface area contributed by atoms with Gasteiger partial charge in [-0.3, -0.25) is 4.90 Å². The van der Waals surface area contributed by atoms with Gasteiger partial charge in [0.2, 0.25) is 10.0 Å². The molecule has 1 aliphatic rings. The van der Waals surface area contributed by atoms with Crippen LogP contribution in [-0.2, 0) is 14.8 Å². The number of nitrogens with one attached hydrogen (secondary N) is 1. The van der Waals surface area contributed by atoms with Crippen LogP contribution in [0.1, 0.15) is 31.4 Å². The van der Waals surface area contributed by atoms with Crippen molar-refractivity contribution in [2.75, 3.05) is 32.6 Å². The zero-order valence-electron chi connectivity index (χ0n) is 13.4. The number of hydrogen-bond acceptors (Lipinski definition) is 4. The van der Waals surface area contributed by atoms with E-state index in [0.717, 1.165) is 25.9 Å². The number of methoxy groups -OCH3 is 1. The number of benzene rings is 1. The third kappa shape index (κ3) is 5.05. The van der Waals surface area contributed by atoms with Crippen LogP contribution in [-0.4, -0.2) is 51.9 Å². The number of likely N-dealkylation sites (tertiary alicyclic amines) is 1. The van der Waals surface area contributed by atoms with Gasteiger partial charge in [0.05, 0.1) is 12.4 Å². The SMILES string of the molecule is COCCS(=O)(=O)NC1CCN(C(C)c2ccccc2)CC1. The molecule has 6 heteroatoms. The number of ether oxygens (including phenoxy) is 1. The molecule has 124 valence electrons. The number of nitrogens with zero attached hydrogens (tertiary/aromatic N) is 1. The third-order valence-electron chi connectivity index (χ3n) is 4.26. The first kappa shape index (κ1) is 17.4. The van der Waals surface area contributed by atoms with Gasteiger partial charge in [-0.15, -0.1) is 0 Å². The molecule has 0 aliphatic carbocycles. The van der Waals surface area contributed by atoms with Crippen molar-refractivity contribution in [1.82, 2.24) is 9.62 Å². The summed E-state index contributed by atoms with van der Waals surface area (Å²) in [7, 11) is -1.71. The second-order valence-corrected chi connectivity index (χ2v) is 7.70. The van der Waals surface area contributed by atoms with E-state index in [2.05, 4.69) is 40.8 Å². The summed E-state index contributed by atoms with van der Waals surface area (Å²) >= 11 is 0. The largest absolute Gasteiger partial charge is 0.384 e. The van der Waals surface area contributed by atoms with E-state index in [-0.39, 0.29) is 18.4 Å². The maximum atomic E-state index is 11.9. The summed E-state index contributed by atoms with van der Waals surface area (Å²) in [6.07, 6.45) is 1.70. The molecule has 0 amide bonds. The molecule has 0 bridgehead atoms. The van der Waals surface area contributed by atoms with Crippen LogP contribution in [0.3, 0.4) is 0 Å². The van der Waals surface area contributed by atoms with Crippen LogP contribution in [0.15, 0.2) is 30.3 Å². The fourth-order valence-corrected chi connectivity index (χ4v) is 4.10. The van der Waals surface area contributed by atoms with E-state index in [4.69, 9.17) is 4.74 Å². The summed E-state index contributed by atoms with van der Waals surface area (Å²) in [6.45, 7) is 4.26. The smallest absolute Gasteiger partial charge is 0.214 e. The molecule has 0 spiro atoms. The first-order valence-corrected chi connectivity index (χ1v) is 9.45. The topological polar surface area (TPSA) is 58.6 Å². The van der Waals surface area contributed by atoms with Crippen LogP contribution in [0.5, 0.6) is 0 Å². The van der Waals surface area contributed by atoms with Gasteiger partial charge < -0.3 is 4.74 Å². The van der Waals surface area contributed by atoms with Gasteiger partial charge in [0.15, 0.2) is 0 Å². The van der Waals surface area contributed by atoms with Gasteiger partial charge in [0.25, 0.3) is 0 Å². The standard InChI is InChI=1S/C16H26N2O3S/c1-14(15-6-4-3-5-7-15)18-10-8-16(9-11-18)17-22(19,20)13-12-21-2/h3-7,14,16-17H,8-13H2,1-2H3. The Morgan fingerprint density at radius 3 is 2.50 bits per heavy atom. The fraction of sp³-hybridized carbons (Fsp3) is 0.625. The van der Waals surface area contributed by atoms with E-state index < -0.39 is 10.0 Å². The molecule has 0 aromatic heterocycles. The summed E-state index contributed by atoms with van der Waals surface area (Å²) in [5, 5.41) is 0. The molecule has 0 radical (unpaired) electrons. The number of piperidine rings is 1. The highest BCUT2D eigenvalue weighted by Gasteiger charge is 2.26. The zero-order valence-corrected chi connectivity index (χ0v) is 14.2. The van der Waals surface area contributed by atoms with E-state index in [1.165, 1.54) is 12.7 Å². The Labute approximate surface area is 133 Å². The van der Waals surface area contributed by atoms with Crippen molar-refractivity contribution in [2.24, 2.45) is 0 Å². The molecule has 1 aliphatic heterocycles. The molecular formula is C16H26N2O3S. The lowest BCUT2D eigenvalue weighted by Crippen LogP contribution is -2.46. The van der Waals surface area contributed by atoms with Crippen molar-refractivity contribution in [3.63, 3.8) is 0 Å². The normalized spacial score (nSPS) is 19.2. The molecule has 1 N–H and O–H groups in total. The van der Waals surface area contributed by atoms with Gasteiger partial charge in [-0.05, 0) is 25.3 Å². The van der Waals surface area contributed by atoms with Gasteiger partial charge in [-0.2, -0.15) is 0 Å². The molecule has 1 fully saturated rings. The van der Waals surface area contributed by atoms with Crippen LogP contribution in [0.2, 0.25) is 0 Å². The highest BCUT2D eigenvalue weighted by Crippen LogP contribution is 2.24. The Kier molecular flexibility index (Phi) is 6.37. The zero-order chi connectivity index (χ0) is 16.0. The van der Waals surface area contributed by atoms with Crippen LogP contribution < -0.4 is 4.72 Å². The van der Waals surface area contributed by atoms with Crippen molar-refractivity contribution in [2.45, 2.75) is 31.8 Å². The van der Waals surface area contributed by atoms with E-state index >= 15 is 0 Å². The summed E-state index contributed by atoms with van der Waals surface area (Å²) in [5.74, 6) is 0.0319. The third-order valence-corrected chi connectivity index (χ3v) is 5.66. The summed E-state index contributed by atoms with van der Waals surface area (Å²) in [5.41, 5.74) is 1.31. The maximum absolute atomic E-state index is 11.9. The first-order valence-electron chi connectivity index (χ1n) is 7.80. The van der Waals surface area contributed by atoms with E-state index in [1.807, 2.05) is 6.07 Å². The molecule has 1 aromatic rings. The summed E-state index contributed by atoms with van der Waals surface area (Å²) in [4.78, 5) is 2.41.